The molecule has 0 radical (unpaired) electrons. The third-order valence-electron chi connectivity index (χ3n) is 2.48. The molecule has 1 atom stereocenters. The summed E-state index contributed by atoms with van der Waals surface area (Å²) in [6, 6.07) is 7.39. The zero-order valence-electron chi connectivity index (χ0n) is 9.68. The SMILES string of the molecule is Cc1ccccc1C(=O)N(C)CC(O)CN. The Balaban J connectivity index is 2.75. The van der Waals surface area contributed by atoms with Gasteiger partial charge in [-0.15, -0.1) is 0 Å². The van der Waals surface area contributed by atoms with E-state index in [4.69, 9.17) is 5.73 Å². The molecule has 16 heavy (non-hydrogen) atoms. The summed E-state index contributed by atoms with van der Waals surface area (Å²) in [6.45, 7) is 2.30. The number of aryl methyl sites for hydroxylation is 1. The highest BCUT2D eigenvalue weighted by Gasteiger charge is 2.15. The van der Waals surface area contributed by atoms with E-state index in [-0.39, 0.29) is 19.0 Å². The third kappa shape index (κ3) is 3.05. The highest BCUT2D eigenvalue weighted by Crippen LogP contribution is 2.09. The molecule has 0 fully saturated rings. The van der Waals surface area contributed by atoms with Gasteiger partial charge in [-0.05, 0) is 18.6 Å². The van der Waals surface area contributed by atoms with Crippen molar-refractivity contribution < 1.29 is 9.90 Å². The van der Waals surface area contributed by atoms with E-state index in [1.165, 1.54) is 4.90 Å². The molecule has 1 aromatic rings. The van der Waals surface area contributed by atoms with Crippen LogP contribution >= 0.6 is 0 Å². The molecular weight excluding hydrogens is 204 g/mol. The number of carbonyl (C=O) groups is 1. The number of aliphatic hydroxyl groups excluding tert-OH is 1. The van der Waals surface area contributed by atoms with Crippen LogP contribution in [0.2, 0.25) is 0 Å². The van der Waals surface area contributed by atoms with Gasteiger partial charge in [0.2, 0.25) is 0 Å². The smallest absolute Gasteiger partial charge is 0.253 e. The summed E-state index contributed by atoms with van der Waals surface area (Å²) in [5.74, 6) is -0.0920. The minimum atomic E-state index is -0.669. The van der Waals surface area contributed by atoms with Crippen molar-refractivity contribution in [3.05, 3.63) is 35.4 Å². The van der Waals surface area contributed by atoms with Gasteiger partial charge in [0, 0.05) is 25.7 Å². The van der Waals surface area contributed by atoms with E-state index in [0.717, 1.165) is 5.56 Å². The molecule has 1 aromatic carbocycles. The quantitative estimate of drug-likeness (QED) is 0.774. The number of carbonyl (C=O) groups excluding carboxylic acids is 1. The molecule has 4 nitrogen and oxygen atoms in total. The van der Waals surface area contributed by atoms with E-state index >= 15 is 0 Å². The first kappa shape index (κ1) is 12.7. The Morgan fingerprint density at radius 1 is 1.50 bits per heavy atom. The maximum Gasteiger partial charge on any atom is 0.253 e. The van der Waals surface area contributed by atoms with Gasteiger partial charge in [-0.2, -0.15) is 0 Å². The number of aliphatic hydroxyl groups is 1. The van der Waals surface area contributed by atoms with E-state index in [1.54, 1.807) is 13.1 Å². The van der Waals surface area contributed by atoms with Gasteiger partial charge in [0.1, 0.15) is 0 Å². The van der Waals surface area contributed by atoms with Gasteiger partial charge in [0.15, 0.2) is 0 Å². The zero-order chi connectivity index (χ0) is 12.1. The second-order valence-corrected chi connectivity index (χ2v) is 3.89. The number of nitrogens with two attached hydrogens (primary N) is 1. The van der Waals surface area contributed by atoms with Gasteiger partial charge in [-0.1, -0.05) is 18.2 Å². The Bertz CT molecular complexity index is 366. The summed E-state index contributed by atoms with van der Waals surface area (Å²) < 4.78 is 0. The molecule has 1 unspecified atom stereocenters. The fourth-order valence-electron chi connectivity index (χ4n) is 1.49. The van der Waals surface area contributed by atoms with Crippen LogP contribution < -0.4 is 5.73 Å². The van der Waals surface area contributed by atoms with E-state index < -0.39 is 6.10 Å². The van der Waals surface area contributed by atoms with Crippen LogP contribution in [0.15, 0.2) is 24.3 Å². The van der Waals surface area contributed by atoms with Gasteiger partial charge in [0.05, 0.1) is 6.10 Å². The second-order valence-electron chi connectivity index (χ2n) is 3.89. The van der Waals surface area contributed by atoms with E-state index in [9.17, 15) is 9.90 Å². The molecule has 0 aliphatic rings. The van der Waals surface area contributed by atoms with Crippen molar-refractivity contribution in [3.8, 4) is 0 Å². The first-order valence-corrected chi connectivity index (χ1v) is 5.25. The number of nitrogens with zero attached hydrogens (tertiary/aromatic N) is 1. The summed E-state index contributed by atoms with van der Waals surface area (Å²) in [7, 11) is 1.66. The molecule has 0 saturated heterocycles. The molecule has 0 spiro atoms. The minimum absolute atomic E-state index is 0.0920. The summed E-state index contributed by atoms with van der Waals surface area (Å²) in [5, 5.41) is 9.37. The maximum atomic E-state index is 12.0. The lowest BCUT2D eigenvalue weighted by Gasteiger charge is -2.20. The Kier molecular flexibility index (Phi) is 4.46. The van der Waals surface area contributed by atoms with Crippen molar-refractivity contribution in [1.82, 2.24) is 4.90 Å². The van der Waals surface area contributed by atoms with Crippen LogP contribution in [0.3, 0.4) is 0 Å². The summed E-state index contributed by atoms with van der Waals surface area (Å²) in [5.41, 5.74) is 6.89. The van der Waals surface area contributed by atoms with Crippen molar-refractivity contribution in [1.29, 1.82) is 0 Å². The first-order valence-electron chi connectivity index (χ1n) is 5.25. The van der Waals surface area contributed by atoms with Crippen LogP contribution in [0.4, 0.5) is 0 Å². The summed E-state index contributed by atoms with van der Waals surface area (Å²) >= 11 is 0. The fraction of sp³-hybridized carbons (Fsp3) is 0.417. The van der Waals surface area contributed by atoms with Crippen LogP contribution in [0.5, 0.6) is 0 Å². The van der Waals surface area contributed by atoms with Crippen LogP contribution in [0, 0.1) is 6.92 Å². The molecular formula is C12H18N2O2. The third-order valence-corrected chi connectivity index (χ3v) is 2.48. The molecule has 0 bridgehead atoms. The summed E-state index contributed by atoms with van der Waals surface area (Å²) in [6.07, 6.45) is -0.669. The Labute approximate surface area is 95.7 Å². The van der Waals surface area contributed by atoms with Crippen LogP contribution in [0.25, 0.3) is 0 Å². The highest BCUT2D eigenvalue weighted by molar-refractivity contribution is 5.95. The minimum Gasteiger partial charge on any atom is -0.390 e. The van der Waals surface area contributed by atoms with Crippen molar-refractivity contribution >= 4 is 5.91 Å². The number of benzene rings is 1. The van der Waals surface area contributed by atoms with Gasteiger partial charge < -0.3 is 15.7 Å². The Morgan fingerprint density at radius 3 is 2.69 bits per heavy atom. The van der Waals surface area contributed by atoms with Gasteiger partial charge in [-0.25, -0.2) is 0 Å². The predicted molar refractivity (Wildman–Crippen MR) is 63.2 cm³/mol. The van der Waals surface area contributed by atoms with Gasteiger partial charge in [-0.3, -0.25) is 4.79 Å². The number of likely N-dealkylation sites (N-methyl/N-ethyl adjacent to an activating group) is 1. The normalized spacial score (nSPS) is 12.2. The second kappa shape index (κ2) is 5.63. The lowest BCUT2D eigenvalue weighted by atomic mass is 10.1. The predicted octanol–water partition coefficient (Wildman–Crippen LogP) is 0.387. The molecule has 0 heterocycles. The average molecular weight is 222 g/mol. The topological polar surface area (TPSA) is 66.6 Å². The van der Waals surface area contributed by atoms with Crippen LogP contribution in [-0.4, -0.2) is 42.2 Å². The lowest BCUT2D eigenvalue weighted by molar-refractivity contribution is 0.0692. The first-order chi connectivity index (χ1) is 7.56. The molecule has 88 valence electrons. The summed E-state index contributed by atoms with van der Waals surface area (Å²) in [4.78, 5) is 13.5. The van der Waals surface area contributed by atoms with Crippen molar-refractivity contribution in [2.24, 2.45) is 5.73 Å². The Morgan fingerprint density at radius 2 is 2.12 bits per heavy atom. The largest absolute Gasteiger partial charge is 0.390 e. The molecule has 1 amide bonds. The van der Waals surface area contributed by atoms with Crippen molar-refractivity contribution in [3.63, 3.8) is 0 Å². The maximum absolute atomic E-state index is 12.0. The van der Waals surface area contributed by atoms with Crippen LogP contribution in [0.1, 0.15) is 15.9 Å². The molecule has 0 aliphatic carbocycles. The van der Waals surface area contributed by atoms with E-state index in [2.05, 4.69) is 0 Å². The van der Waals surface area contributed by atoms with Crippen molar-refractivity contribution in [2.45, 2.75) is 13.0 Å². The standard InChI is InChI=1S/C12H18N2O2/c1-9-5-3-4-6-11(9)12(16)14(2)8-10(15)7-13/h3-6,10,15H,7-8,13H2,1-2H3. The fourth-order valence-corrected chi connectivity index (χ4v) is 1.49. The van der Waals surface area contributed by atoms with Crippen LogP contribution in [-0.2, 0) is 0 Å². The van der Waals surface area contributed by atoms with Crippen molar-refractivity contribution in [2.75, 3.05) is 20.1 Å². The van der Waals surface area contributed by atoms with Gasteiger partial charge >= 0.3 is 0 Å². The highest BCUT2D eigenvalue weighted by atomic mass is 16.3. The molecule has 1 rings (SSSR count). The molecule has 0 saturated carbocycles. The average Bonchev–Trinajstić information content (AvgIpc) is 2.28. The molecule has 4 heteroatoms. The lowest BCUT2D eigenvalue weighted by Crippen LogP contribution is -2.37. The zero-order valence-corrected chi connectivity index (χ0v) is 9.68. The number of amides is 1. The number of rotatable bonds is 4. The molecule has 0 aliphatic heterocycles. The van der Waals surface area contributed by atoms with E-state index in [0.29, 0.717) is 5.56 Å². The number of hydrogen-bond acceptors (Lipinski definition) is 3. The van der Waals surface area contributed by atoms with Gasteiger partial charge in [0.25, 0.3) is 5.91 Å². The molecule has 3 N–H and O–H groups in total. The number of hydrogen-bond donors (Lipinski definition) is 2. The Hall–Kier alpha value is -1.39. The molecule has 0 aromatic heterocycles. The monoisotopic (exact) mass is 222 g/mol. The van der Waals surface area contributed by atoms with E-state index in [1.807, 2.05) is 25.1 Å².